The maximum absolute atomic E-state index is 13.1. The van der Waals surface area contributed by atoms with Crippen LogP contribution in [0.5, 0.6) is 0 Å². The first-order valence-electron chi connectivity index (χ1n) is 9.31. The molecule has 0 saturated heterocycles. The summed E-state index contributed by atoms with van der Waals surface area (Å²) in [7, 11) is -2.28. The molecule has 1 aliphatic carbocycles. The first-order chi connectivity index (χ1) is 13.7. The van der Waals surface area contributed by atoms with Crippen molar-refractivity contribution in [1.29, 1.82) is 0 Å². The van der Waals surface area contributed by atoms with Crippen LogP contribution < -0.4 is 4.72 Å². The fourth-order valence-corrected chi connectivity index (χ4v) is 4.82. The van der Waals surface area contributed by atoms with E-state index >= 15 is 0 Å². The van der Waals surface area contributed by atoms with Crippen LogP contribution in [0.2, 0.25) is 0 Å². The van der Waals surface area contributed by atoms with Crippen molar-refractivity contribution in [1.82, 2.24) is 4.72 Å². The molecule has 0 heterocycles. The number of fused-ring (bicyclic) bond motifs is 1. The molecule has 1 aliphatic rings. The number of hydrogen-bond acceptors (Lipinski definition) is 4. The lowest BCUT2D eigenvalue weighted by molar-refractivity contribution is -0.143. The molecule has 1 unspecified atom stereocenters. The van der Waals surface area contributed by atoms with Gasteiger partial charge in [-0.1, -0.05) is 60.2 Å². The molecule has 3 rings (SSSR count). The first-order valence-corrected chi connectivity index (χ1v) is 10.8. The van der Waals surface area contributed by atoms with E-state index in [0.29, 0.717) is 11.1 Å². The first kappa shape index (κ1) is 21.2. The third-order valence-electron chi connectivity index (χ3n) is 5.36. The second-order valence-electron chi connectivity index (χ2n) is 7.29. The fraction of sp³-hybridized carbons (Fsp3) is 0.261. The van der Waals surface area contributed by atoms with Crippen molar-refractivity contribution in [3.05, 3.63) is 83.4 Å². The summed E-state index contributed by atoms with van der Waals surface area (Å²) in [5.41, 5.74) is 1.85. The Morgan fingerprint density at radius 3 is 2.41 bits per heavy atom. The normalized spacial score (nSPS) is 19.6. The molecule has 0 aromatic heterocycles. The molecule has 152 valence electrons. The van der Waals surface area contributed by atoms with E-state index in [-0.39, 0.29) is 17.2 Å². The lowest BCUT2D eigenvalue weighted by atomic mass is 9.71. The van der Waals surface area contributed by atoms with Crippen molar-refractivity contribution >= 4 is 21.9 Å². The summed E-state index contributed by atoms with van der Waals surface area (Å²) in [6.07, 6.45) is 3.23. The van der Waals surface area contributed by atoms with Gasteiger partial charge < -0.3 is 4.74 Å². The van der Waals surface area contributed by atoms with Crippen molar-refractivity contribution in [2.75, 3.05) is 13.7 Å². The van der Waals surface area contributed by atoms with Crippen molar-refractivity contribution in [2.45, 2.75) is 24.3 Å². The van der Waals surface area contributed by atoms with Crippen LogP contribution in [0.25, 0.3) is 6.08 Å². The Hall–Kier alpha value is -2.54. The molecule has 0 fully saturated rings. The summed E-state index contributed by atoms with van der Waals surface area (Å²) in [5.74, 6) is -0.826. The van der Waals surface area contributed by atoms with Crippen LogP contribution in [-0.4, -0.2) is 27.9 Å². The molecule has 0 spiro atoms. The van der Waals surface area contributed by atoms with Gasteiger partial charge in [-0.2, -0.15) is 0 Å². The SMILES string of the molecule is C=C(C)[C@H](CNS(=O)(=O)c1ccc(C)cc1)C1(OC)C(=O)C=Cc2ccccc21. The number of benzene rings is 2. The van der Waals surface area contributed by atoms with E-state index in [4.69, 9.17) is 4.74 Å². The minimum absolute atomic E-state index is 0.0205. The standard InChI is InChI=1S/C23H25NO4S/c1-16(2)21(15-24-29(26,27)19-12-9-17(3)10-13-19)23(28-4)20-8-6-5-7-18(20)11-14-22(23)25/h5-14,21,24H,1,15H2,2-4H3/t21-,23?/m0/s1. The summed E-state index contributed by atoms with van der Waals surface area (Å²) in [5, 5.41) is 0. The maximum atomic E-state index is 13.1. The lowest BCUT2D eigenvalue weighted by Crippen LogP contribution is -2.50. The second-order valence-corrected chi connectivity index (χ2v) is 9.06. The zero-order valence-electron chi connectivity index (χ0n) is 16.8. The van der Waals surface area contributed by atoms with Gasteiger partial charge >= 0.3 is 0 Å². The second kappa shape index (κ2) is 8.06. The van der Waals surface area contributed by atoms with Gasteiger partial charge in [-0.15, -0.1) is 0 Å². The monoisotopic (exact) mass is 411 g/mol. The smallest absolute Gasteiger partial charge is 0.240 e. The quantitative estimate of drug-likeness (QED) is 0.707. The van der Waals surface area contributed by atoms with Gasteiger partial charge in [0.1, 0.15) is 0 Å². The molecule has 0 saturated carbocycles. The molecule has 6 heteroatoms. The fourth-order valence-electron chi connectivity index (χ4n) is 3.77. The number of rotatable bonds is 7. The average Bonchev–Trinajstić information content (AvgIpc) is 2.69. The van der Waals surface area contributed by atoms with Gasteiger partial charge in [-0.05, 0) is 43.2 Å². The number of ketones is 1. The molecule has 5 nitrogen and oxygen atoms in total. The highest BCUT2D eigenvalue weighted by Gasteiger charge is 2.49. The van der Waals surface area contributed by atoms with Crippen molar-refractivity contribution in [3.63, 3.8) is 0 Å². The van der Waals surface area contributed by atoms with Crippen molar-refractivity contribution in [2.24, 2.45) is 5.92 Å². The molecule has 29 heavy (non-hydrogen) atoms. The summed E-state index contributed by atoms with van der Waals surface area (Å²) >= 11 is 0. The van der Waals surface area contributed by atoms with Gasteiger partial charge in [-0.25, -0.2) is 13.1 Å². The number of hydrogen-bond donors (Lipinski definition) is 1. The van der Waals surface area contributed by atoms with E-state index in [1.54, 1.807) is 37.3 Å². The predicted octanol–water partition coefficient (Wildman–Crippen LogP) is 3.60. The number of methoxy groups -OCH3 is 1. The molecule has 0 aliphatic heterocycles. The zero-order valence-corrected chi connectivity index (χ0v) is 17.6. The minimum atomic E-state index is -3.75. The average molecular weight is 412 g/mol. The summed E-state index contributed by atoms with van der Waals surface area (Å²) in [6.45, 7) is 7.67. The van der Waals surface area contributed by atoms with Crippen LogP contribution in [0.3, 0.4) is 0 Å². The molecule has 1 N–H and O–H groups in total. The molecule has 0 radical (unpaired) electrons. The molecule has 0 bridgehead atoms. The highest BCUT2D eigenvalue weighted by atomic mass is 32.2. The van der Waals surface area contributed by atoms with Gasteiger partial charge in [-0.3, -0.25) is 4.79 Å². The van der Waals surface area contributed by atoms with Gasteiger partial charge in [0, 0.05) is 19.6 Å². The summed E-state index contributed by atoms with van der Waals surface area (Å²) in [6, 6.07) is 14.1. The Morgan fingerprint density at radius 1 is 1.14 bits per heavy atom. The maximum Gasteiger partial charge on any atom is 0.240 e. The third-order valence-corrected chi connectivity index (χ3v) is 6.80. The van der Waals surface area contributed by atoms with Crippen LogP contribution in [-0.2, 0) is 25.2 Å². The van der Waals surface area contributed by atoms with Gasteiger partial charge in [0.15, 0.2) is 11.4 Å². The van der Waals surface area contributed by atoms with Crippen LogP contribution in [0.4, 0.5) is 0 Å². The van der Waals surface area contributed by atoms with E-state index in [2.05, 4.69) is 11.3 Å². The van der Waals surface area contributed by atoms with E-state index < -0.39 is 21.5 Å². The van der Waals surface area contributed by atoms with E-state index in [1.807, 2.05) is 31.2 Å². The minimum Gasteiger partial charge on any atom is -0.365 e. The zero-order chi connectivity index (χ0) is 21.2. The topological polar surface area (TPSA) is 72.5 Å². The summed E-state index contributed by atoms with van der Waals surface area (Å²) < 4.78 is 34.1. The highest BCUT2D eigenvalue weighted by Crippen LogP contribution is 2.42. The molecule has 2 aromatic carbocycles. The third kappa shape index (κ3) is 3.83. The Kier molecular flexibility index (Phi) is 5.89. The lowest BCUT2D eigenvalue weighted by Gasteiger charge is -2.41. The molecule has 0 amide bonds. The van der Waals surface area contributed by atoms with Gasteiger partial charge in [0.25, 0.3) is 0 Å². The molecular formula is C23H25NO4S. The van der Waals surface area contributed by atoms with Crippen LogP contribution in [0, 0.1) is 12.8 Å². The van der Waals surface area contributed by atoms with E-state index in [1.165, 1.54) is 13.2 Å². The van der Waals surface area contributed by atoms with Gasteiger partial charge in [0.05, 0.1) is 4.90 Å². The number of sulfonamides is 1. The molecular weight excluding hydrogens is 386 g/mol. The Morgan fingerprint density at radius 2 is 1.79 bits per heavy atom. The number of aryl methyl sites for hydroxylation is 1. The molecule has 2 aromatic rings. The predicted molar refractivity (Wildman–Crippen MR) is 114 cm³/mol. The Bertz CT molecular complexity index is 1070. The number of carbonyl (C=O) groups excluding carboxylic acids is 1. The van der Waals surface area contributed by atoms with E-state index in [0.717, 1.165) is 11.1 Å². The number of nitrogens with one attached hydrogen (secondary N) is 1. The summed E-state index contributed by atoms with van der Waals surface area (Å²) in [4.78, 5) is 13.2. The number of ether oxygens (including phenoxy) is 1. The Labute approximate surface area is 172 Å². The Balaban J connectivity index is 1.99. The van der Waals surface area contributed by atoms with Crippen LogP contribution in [0.1, 0.15) is 23.6 Å². The number of carbonyl (C=O) groups is 1. The van der Waals surface area contributed by atoms with E-state index in [9.17, 15) is 13.2 Å². The van der Waals surface area contributed by atoms with Gasteiger partial charge in [0.2, 0.25) is 10.0 Å². The largest absolute Gasteiger partial charge is 0.365 e. The van der Waals surface area contributed by atoms with Crippen LogP contribution >= 0.6 is 0 Å². The molecule has 2 atom stereocenters. The highest BCUT2D eigenvalue weighted by molar-refractivity contribution is 7.89. The van der Waals surface area contributed by atoms with Crippen molar-refractivity contribution in [3.8, 4) is 0 Å². The van der Waals surface area contributed by atoms with Crippen molar-refractivity contribution < 1.29 is 17.9 Å². The van der Waals surface area contributed by atoms with Crippen LogP contribution in [0.15, 0.2) is 71.7 Å².